The SMILES string of the molecule is CCN(Cc1ccc2c(c1)OCCO2)C(=O)CSc1nncs1. The first kappa shape index (κ1) is 16.1. The van der Waals surface area contributed by atoms with Gasteiger partial charge in [-0.2, -0.15) is 0 Å². The summed E-state index contributed by atoms with van der Waals surface area (Å²) >= 11 is 2.86. The average molecular weight is 351 g/mol. The van der Waals surface area contributed by atoms with Crippen LogP contribution in [-0.2, 0) is 11.3 Å². The minimum absolute atomic E-state index is 0.0857. The molecule has 8 heteroatoms. The number of fused-ring (bicyclic) bond motifs is 1. The molecule has 0 radical (unpaired) electrons. The van der Waals surface area contributed by atoms with Crippen LogP contribution in [0.15, 0.2) is 28.0 Å². The Morgan fingerprint density at radius 2 is 2.17 bits per heavy atom. The second-order valence-corrected chi connectivity index (χ2v) is 6.93. The van der Waals surface area contributed by atoms with Crippen molar-refractivity contribution in [2.24, 2.45) is 0 Å². The monoisotopic (exact) mass is 351 g/mol. The van der Waals surface area contributed by atoms with Gasteiger partial charge >= 0.3 is 0 Å². The normalized spacial score (nSPS) is 12.9. The first-order chi connectivity index (χ1) is 11.3. The number of aromatic nitrogens is 2. The summed E-state index contributed by atoms with van der Waals surface area (Å²) < 4.78 is 11.9. The van der Waals surface area contributed by atoms with E-state index in [4.69, 9.17) is 9.47 Å². The molecule has 23 heavy (non-hydrogen) atoms. The first-order valence-electron chi connectivity index (χ1n) is 7.31. The summed E-state index contributed by atoms with van der Waals surface area (Å²) in [5, 5.41) is 7.71. The smallest absolute Gasteiger partial charge is 0.233 e. The van der Waals surface area contributed by atoms with Crippen LogP contribution in [0.5, 0.6) is 11.5 Å². The van der Waals surface area contributed by atoms with Gasteiger partial charge in [0.15, 0.2) is 15.8 Å². The molecule has 1 aliphatic rings. The van der Waals surface area contributed by atoms with Crippen LogP contribution in [0.1, 0.15) is 12.5 Å². The third kappa shape index (κ3) is 4.14. The highest BCUT2D eigenvalue weighted by Gasteiger charge is 2.16. The highest BCUT2D eigenvalue weighted by molar-refractivity contribution is 8.01. The maximum Gasteiger partial charge on any atom is 0.233 e. The summed E-state index contributed by atoms with van der Waals surface area (Å²) in [6, 6.07) is 5.82. The molecule has 1 amide bonds. The Kier molecular flexibility index (Phi) is 5.35. The Bertz CT molecular complexity index is 664. The number of carbonyl (C=O) groups excluding carboxylic acids is 1. The molecule has 6 nitrogen and oxygen atoms in total. The van der Waals surface area contributed by atoms with Gasteiger partial charge in [-0.05, 0) is 24.6 Å². The number of rotatable bonds is 6. The van der Waals surface area contributed by atoms with E-state index in [1.807, 2.05) is 30.0 Å². The standard InChI is InChI=1S/C15H17N3O3S2/c1-2-18(14(19)9-22-15-17-16-10-23-15)8-11-3-4-12-13(7-11)21-6-5-20-12/h3-4,7,10H,2,5-6,8-9H2,1H3. The fourth-order valence-corrected chi connectivity index (χ4v) is 3.61. The zero-order chi connectivity index (χ0) is 16.1. The predicted molar refractivity (Wildman–Crippen MR) is 89.2 cm³/mol. The largest absolute Gasteiger partial charge is 0.486 e. The molecule has 2 heterocycles. The molecule has 0 spiro atoms. The van der Waals surface area contributed by atoms with Crippen molar-refractivity contribution in [3.63, 3.8) is 0 Å². The molecule has 3 rings (SSSR count). The van der Waals surface area contributed by atoms with E-state index in [1.165, 1.54) is 23.1 Å². The van der Waals surface area contributed by atoms with Gasteiger partial charge in [-0.3, -0.25) is 4.79 Å². The van der Waals surface area contributed by atoms with Crippen molar-refractivity contribution in [3.8, 4) is 11.5 Å². The summed E-state index contributed by atoms with van der Waals surface area (Å²) in [5.74, 6) is 1.97. The Balaban J connectivity index is 1.61. The molecular formula is C15H17N3O3S2. The van der Waals surface area contributed by atoms with Gasteiger partial charge in [-0.15, -0.1) is 10.2 Å². The van der Waals surface area contributed by atoms with Gasteiger partial charge < -0.3 is 14.4 Å². The van der Waals surface area contributed by atoms with Crippen LogP contribution in [0.25, 0.3) is 0 Å². The van der Waals surface area contributed by atoms with E-state index < -0.39 is 0 Å². The van der Waals surface area contributed by atoms with Crippen LogP contribution in [0.4, 0.5) is 0 Å². The molecule has 0 saturated carbocycles. The van der Waals surface area contributed by atoms with Crippen molar-refractivity contribution in [3.05, 3.63) is 29.3 Å². The van der Waals surface area contributed by atoms with Crippen LogP contribution < -0.4 is 9.47 Å². The number of benzene rings is 1. The molecule has 0 atom stereocenters. The Morgan fingerprint density at radius 3 is 2.91 bits per heavy atom. The molecule has 0 saturated heterocycles. The lowest BCUT2D eigenvalue weighted by Gasteiger charge is -2.23. The molecular weight excluding hydrogens is 334 g/mol. The molecule has 1 aliphatic heterocycles. The second-order valence-electron chi connectivity index (χ2n) is 4.88. The van der Waals surface area contributed by atoms with Crippen molar-refractivity contribution < 1.29 is 14.3 Å². The van der Waals surface area contributed by atoms with E-state index in [-0.39, 0.29) is 5.91 Å². The lowest BCUT2D eigenvalue weighted by molar-refractivity contribution is -0.128. The number of ether oxygens (including phenoxy) is 2. The highest BCUT2D eigenvalue weighted by atomic mass is 32.2. The Morgan fingerprint density at radius 1 is 1.35 bits per heavy atom. The van der Waals surface area contributed by atoms with Crippen LogP contribution in [0.2, 0.25) is 0 Å². The summed E-state index contributed by atoms with van der Waals surface area (Å²) in [7, 11) is 0. The topological polar surface area (TPSA) is 64.6 Å². The van der Waals surface area contributed by atoms with Gasteiger partial charge in [0.2, 0.25) is 5.91 Å². The number of carbonyl (C=O) groups is 1. The predicted octanol–water partition coefficient (Wildman–Crippen LogP) is 2.45. The van der Waals surface area contributed by atoms with Crippen molar-refractivity contribution in [1.82, 2.24) is 15.1 Å². The number of hydrogen-bond donors (Lipinski definition) is 0. The zero-order valence-electron chi connectivity index (χ0n) is 12.7. The van der Waals surface area contributed by atoms with Crippen molar-refractivity contribution >= 4 is 29.0 Å². The molecule has 0 aliphatic carbocycles. The van der Waals surface area contributed by atoms with E-state index in [2.05, 4.69) is 10.2 Å². The van der Waals surface area contributed by atoms with Crippen molar-refractivity contribution in [1.29, 1.82) is 0 Å². The molecule has 0 fully saturated rings. The molecule has 1 aromatic carbocycles. The van der Waals surface area contributed by atoms with E-state index in [1.54, 1.807) is 5.51 Å². The van der Waals surface area contributed by atoms with Gasteiger partial charge in [0, 0.05) is 13.1 Å². The van der Waals surface area contributed by atoms with Crippen LogP contribution in [0.3, 0.4) is 0 Å². The maximum absolute atomic E-state index is 12.4. The van der Waals surface area contributed by atoms with Crippen LogP contribution in [-0.4, -0.2) is 46.5 Å². The Labute approximate surface area is 142 Å². The molecule has 0 bridgehead atoms. The summed E-state index contributed by atoms with van der Waals surface area (Å²) in [6.45, 7) is 4.33. The number of amides is 1. The van der Waals surface area contributed by atoms with E-state index in [9.17, 15) is 4.79 Å². The number of thioether (sulfide) groups is 1. The molecule has 0 N–H and O–H groups in total. The highest BCUT2D eigenvalue weighted by Crippen LogP contribution is 2.31. The third-order valence-corrected chi connectivity index (χ3v) is 5.22. The summed E-state index contributed by atoms with van der Waals surface area (Å²) in [5.41, 5.74) is 2.70. The van der Waals surface area contributed by atoms with Gasteiger partial charge in [0.05, 0.1) is 5.75 Å². The van der Waals surface area contributed by atoms with Gasteiger partial charge in [-0.25, -0.2) is 0 Å². The second kappa shape index (κ2) is 7.65. The van der Waals surface area contributed by atoms with Gasteiger partial charge in [-0.1, -0.05) is 29.2 Å². The zero-order valence-corrected chi connectivity index (χ0v) is 14.4. The van der Waals surface area contributed by atoms with Crippen LogP contribution in [0, 0.1) is 0 Å². The minimum Gasteiger partial charge on any atom is -0.486 e. The number of hydrogen-bond acceptors (Lipinski definition) is 7. The van der Waals surface area contributed by atoms with Gasteiger partial charge in [0.25, 0.3) is 0 Å². The molecule has 2 aromatic rings. The Hall–Kier alpha value is -1.80. The lowest BCUT2D eigenvalue weighted by atomic mass is 10.2. The van der Waals surface area contributed by atoms with Gasteiger partial charge in [0.1, 0.15) is 18.7 Å². The fraction of sp³-hybridized carbons (Fsp3) is 0.400. The summed E-state index contributed by atoms with van der Waals surface area (Å²) in [6.07, 6.45) is 0. The first-order valence-corrected chi connectivity index (χ1v) is 9.18. The molecule has 0 unspecified atom stereocenters. The number of nitrogens with zero attached hydrogens (tertiary/aromatic N) is 3. The maximum atomic E-state index is 12.4. The third-order valence-electron chi connectivity index (χ3n) is 3.37. The minimum atomic E-state index is 0.0857. The quantitative estimate of drug-likeness (QED) is 0.745. The lowest BCUT2D eigenvalue weighted by Crippen LogP contribution is -2.31. The summed E-state index contributed by atoms with van der Waals surface area (Å²) in [4.78, 5) is 14.2. The fourth-order valence-electron chi connectivity index (χ4n) is 2.22. The van der Waals surface area contributed by atoms with Crippen molar-refractivity contribution in [2.75, 3.05) is 25.5 Å². The molecule has 1 aromatic heterocycles. The van der Waals surface area contributed by atoms with E-state index >= 15 is 0 Å². The van der Waals surface area contributed by atoms with E-state index in [0.717, 1.165) is 21.4 Å². The van der Waals surface area contributed by atoms with E-state index in [0.29, 0.717) is 32.1 Å². The average Bonchev–Trinajstić information content (AvgIpc) is 3.11. The van der Waals surface area contributed by atoms with Crippen LogP contribution >= 0.6 is 23.1 Å². The molecule has 122 valence electrons. The van der Waals surface area contributed by atoms with Crippen molar-refractivity contribution in [2.45, 2.75) is 17.8 Å².